The molecule has 1 aromatic rings. The molecule has 2 unspecified atom stereocenters. The first-order valence-corrected chi connectivity index (χ1v) is 5.67. The molecule has 0 bridgehead atoms. The standard InChI is InChI=1S/C13H20N2O2/c1-8-4-5-10(9(2)6-8)13(15-3)11(14)7-12(16)17/h4-6,11,13,15H,7,14H2,1-3H3,(H,16,17). The molecule has 2 atom stereocenters. The molecular weight excluding hydrogens is 216 g/mol. The van der Waals surface area contributed by atoms with Crippen LogP contribution in [0.5, 0.6) is 0 Å². The monoisotopic (exact) mass is 236 g/mol. The van der Waals surface area contributed by atoms with E-state index in [0.717, 1.165) is 11.1 Å². The van der Waals surface area contributed by atoms with Crippen LogP contribution < -0.4 is 11.1 Å². The second kappa shape index (κ2) is 5.80. The van der Waals surface area contributed by atoms with Crippen LogP contribution in [-0.2, 0) is 4.79 Å². The second-order valence-electron chi connectivity index (χ2n) is 4.39. The zero-order valence-corrected chi connectivity index (χ0v) is 10.5. The Morgan fingerprint density at radius 2 is 2.12 bits per heavy atom. The number of carboxylic acids is 1. The number of likely N-dealkylation sites (N-methyl/N-ethyl adjacent to an activating group) is 1. The maximum atomic E-state index is 10.7. The van der Waals surface area contributed by atoms with Crippen LogP contribution in [0.4, 0.5) is 0 Å². The number of aryl methyl sites for hydroxylation is 2. The molecule has 0 radical (unpaired) electrons. The average Bonchev–Trinajstić information content (AvgIpc) is 2.21. The molecule has 0 saturated heterocycles. The second-order valence-corrected chi connectivity index (χ2v) is 4.39. The summed E-state index contributed by atoms with van der Waals surface area (Å²) in [5.41, 5.74) is 9.30. The van der Waals surface area contributed by atoms with Crippen LogP contribution >= 0.6 is 0 Å². The van der Waals surface area contributed by atoms with E-state index in [9.17, 15) is 4.79 Å². The van der Waals surface area contributed by atoms with Crippen LogP contribution in [0.25, 0.3) is 0 Å². The van der Waals surface area contributed by atoms with E-state index in [1.807, 2.05) is 26.0 Å². The maximum Gasteiger partial charge on any atom is 0.304 e. The lowest BCUT2D eigenvalue weighted by atomic mass is 9.93. The Kier molecular flexibility index (Phi) is 4.66. The molecule has 94 valence electrons. The Balaban J connectivity index is 2.96. The average molecular weight is 236 g/mol. The normalized spacial score (nSPS) is 14.4. The lowest BCUT2D eigenvalue weighted by molar-refractivity contribution is -0.137. The third kappa shape index (κ3) is 3.54. The fraction of sp³-hybridized carbons (Fsp3) is 0.462. The quantitative estimate of drug-likeness (QED) is 0.721. The van der Waals surface area contributed by atoms with E-state index < -0.39 is 12.0 Å². The first-order valence-electron chi connectivity index (χ1n) is 5.67. The van der Waals surface area contributed by atoms with Gasteiger partial charge in [0, 0.05) is 12.1 Å². The highest BCUT2D eigenvalue weighted by atomic mass is 16.4. The summed E-state index contributed by atoms with van der Waals surface area (Å²) in [7, 11) is 1.80. The van der Waals surface area contributed by atoms with Gasteiger partial charge in [-0.25, -0.2) is 0 Å². The van der Waals surface area contributed by atoms with E-state index in [2.05, 4.69) is 11.4 Å². The van der Waals surface area contributed by atoms with Gasteiger partial charge in [0.05, 0.1) is 6.42 Å². The maximum absolute atomic E-state index is 10.7. The van der Waals surface area contributed by atoms with Crippen molar-refractivity contribution < 1.29 is 9.90 Å². The molecule has 0 aliphatic rings. The number of nitrogens with two attached hydrogens (primary N) is 1. The Morgan fingerprint density at radius 1 is 1.47 bits per heavy atom. The van der Waals surface area contributed by atoms with Crippen molar-refractivity contribution in [3.05, 3.63) is 34.9 Å². The molecule has 0 aliphatic carbocycles. The van der Waals surface area contributed by atoms with E-state index in [-0.39, 0.29) is 12.5 Å². The van der Waals surface area contributed by atoms with Crippen molar-refractivity contribution >= 4 is 5.97 Å². The van der Waals surface area contributed by atoms with Gasteiger partial charge in [0.15, 0.2) is 0 Å². The zero-order valence-electron chi connectivity index (χ0n) is 10.5. The van der Waals surface area contributed by atoms with Crippen molar-refractivity contribution in [1.82, 2.24) is 5.32 Å². The molecule has 0 aliphatic heterocycles. The van der Waals surface area contributed by atoms with E-state index >= 15 is 0 Å². The van der Waals surface area contributed by atoms with Crippen LogP contribution in [0.3, 0.4) is 0 Å². The van der Waals surface area contributed by atoms with Crippen LogP contribution in [0.1, 0.15) is 29.2 Å². The summed E-state index contributed by atoms with van der Waals surface area (Å²) in [6.07, 6.45) is -0.0428. The molecule has 4 N–H and O–H groups in total. The minimum absolute atomic E-state index is 0.0428. The Labute approximate surface area is 102 Å². The molecule has 17 heavy (non-hydrogen) atoms. The van der Waals surface area contributed by atoms with Crippen LogP contribution in [0.2, 0.25) is 0 Å². The van der Waals surface area contributed by atoms with Gasteiger partial charge in [-0.1, -0.05) is 23.8 Å². The van der Waals surface area contributed by atoms with Gasteiger partial charge in [-0.2, -0.15) is 0 Å². The molecule has 0 fully saturated rings. The van der Waals surface area contributed by atoms with Gasteiger partial charge < -0.3 is 16.2 Å². The topological polar surface area (TPSA) is 75.3 Å². The summed E-state index contributed by atoms with van der Waals surface area (Å²) >= 11 is 0. The molecule has 4 heteroatoms. The van der Waals surface area contributed by atoms with Crippen LogP contribution in [-0.4, -0.2) is 24.2 Å². The minimum Gasteiger partial charge on any atom is -0.481 e. The van der Waals surface area contributed by atoms with Crippen molar-refractivity contribution in [2.24, 2.45) is 5.73 Å². The molecule has 1 rings (SSSR count). The lowest BCUT2D eigenvalue weighted by Gasteiger charge is -2.24. The molecule has 0 heterocycles. The predicted octanol–water partition coefficient (Wildman–Crippen LogP) is 1.37. The van der Waals surface area contributed by atoms with Crippen molar-refractivity contribution in [2.75, 3.05) is 7.05 Å². The number of nitrogens with one attached hydrogen (secondary N) is 1. The largest absolute Gasteiger partial charge is 0.481 e. The fourth-order valence-electron chi connectivity index (χ4n) is 2.09. The first kappa shape index (κ1) is 13.7. The van der Waals surface area contributed by atoms with E-state index in [0.29, 0.717) is 0 Å². The highest BCUT2D eigenvalue weighted by molar-refractivity contribution is 5.67. The third-order valence-electron chi connectivity index (χ3n) is 2.91. The summed E-state index contributed by atoms with van der Waals surface area (Å²) in [6.45, 7) is 4.04. The Morgan fingerprint density at radius 3 is 2.59 bits per heavy atom. The van der Waals surface area contributed by atoms with Gasteiger partial charge in [-0.15, -0.1) is 0 Å². The molecule has 0 amide bonds. The third-order valence-corrected chi connectivity index (χ3v) is 2.91. The number of carbonyl (C=O) groups is 1. The summed E-state index contributed by atoms with van der Waals surface area (Å²) in [5.74, 6) is -0.873. The van der Waals surface area contributed by atoms with Crippen molar-refractivity contribution in [3.63, 3.8) is 0 Å². The van der Waals surface area contributed by atoms with Gasteiger partial charge in [0.25, 0.3) is 0 Å². The SMILES string of the molecule is CNC(c1ccc(C)cc1C)C(N)CC(=O)O. The highest BCUT2D eigenvalue weighted by Crippen LogP contribution is 2.22. The zero-order chi connectivity index (χ0) is 13.0. The number of hydrogen-bond acceptors (Lipinski definition) is 3. The summed E-state index contributed by atoms with van der Waals surface area (Å²) < 4.78 is 0. The molecule has 0 saturated carbocycles. The van der Waals surface area contributed by atoms with Gasteiger partial charge in [0.1, 0.15) is 0 Å². The predicted molar refractivity (Wildman–Crippen MR) is 67.9 cm³/mol. The molecule has 0 spiro atoms. The Bertz CT molecular complexity index is 404. The fourth-order valence-corrected chi connectivity index (χ4v) is 2.09. The van der Waals surface area contributed by atoms with E-state index in [1.54, 1.807) is 7.05 Å². The lowest BCUT2D eigenvalue weighted by Crippen LogP contribution is -2.38. The van der Waals surface area contributed by atoms with E-state index in [4.69, 9.17) is 10.8 Å². The number of rotatable bonds is 5. The van der Waals surface area contributed by atoms with Gasteiger partial charge >= 0.3 is 5.97 Å². The molecule has 1 aromatic carbocycles. The van der Waals surface area contributed by atoms with Gasteiger partial charge in [-0.05, 0) is 32.0 Å². The number of hydrogen-bond donors (Lipinski definition) is 3. The minimum atomic E-state index is -0.873. The van der Waals surface area contributed by atoms with E-state index in [1.165, 1.54) is 5.56 Å². The number of carboxylic acid groups (broad SMARTS) is 1. The molecule has 0 aromatic heterocycles. The Hall–Kier alpha value is -1.39. The smallest absolute Gasteiger partial charge is 0.304 e. The van der Waals surface area contributed by atoms with Gasteiger partial charge in [0.2, 0.25) is 0 Å². The summed E-state index contributed by atoms with van der Waals surface area (Å²) in [5, 5.41) is 11.9. The van der Waals surface area contributed by atoms with Crippen LogP contribution in [0, 0.1) is 13.8 Å². The van der Waals surface area contributed by atoms with Gasteiger partial charge in [-0.3, -0.25) is 4.79 Å². The van der Waals surface area contributed by atoms with Crippen molar-refractivity contribution in [2.45, 2.75) is 32.4 Å². The summed E-state index contributed by atoms with van der Waals surface area (Å²) in [4.78, 5) is 10.7. The van der Waals surface area contributed by atoms with Crippen molar-refractivity contribution in [3.8, 4) is 0 Å². The molecular formula is C13H20N2O2. The number of benzene rings is 1. The number of aliphatic carboxylic acids is 1. The van der Waals surface area contributed by atoms with Crippen molar-refractivity contribution in [1.29, 1.82) is 0 Å². The first-order chi connectivity index (χ1) is 7.95. The molecule has 4 nitrogen and oxygen atoms in total. The summed E-state index contributed by atoms with van der Waals surface area (Å²) in [6, 6.07) is 5.53. The highest BCUT2D eigenvalue weighted by Gasteiger charge is 2.21. The van der Waals surface area contributed by atoms with Crippen LogP contribution in [0.15, 0.2) is 18.2 Å².